The van der Waals surface area contributed by atoms with Gasteiger partial charge < -0.3 is 10.1 Å². The zero-order valence-corrected chi connectivity index (χ0v) is 8.79. The van der Waals surface area contributed by atoms with E-state index in [1.54, 1.807) is 0 Å². The van der Waals surface area contributed by atoms with Crippen molar-refractivity contribution in [2.24, 2.45) is 7.05 Å². The van der Waals surface area contributed by atoms with E-state index in [2.05, 4.69) is 17.3 Å². The van der Waals surface area contributed by atoms with Crippen LogP contribution in [-0.4, -0.2) is 29.0 Å². The molecule has 1 saturated heterocycles. The topological polar surface area (TPSA) is 39.1 Å². The Balaban J connectivity index is 2.06. The Morgan fingerprint density at radius 3 is 3.21 bits per heavy atom. The molecule has 1 aliphatic rings. The lowest BCUT2D eigenvalue weighted by atomic mass is 10.2. The Labute approximate surface area is 84.3 Å². The first-order chi connectivity index (χ1) is 6.79. The summed E-state index contributed by atoms with van der Waals surface area (Å²) in [6, 6.07) is 0.462. The van der Waals surface area contributed by atoms with Crippen molar-refractivity contribution in [1.29, 1.82) is 0 Å². The average molecular weight is 195 g/mol. The monoisotopic (exact) mass is 195 g/mol. The van der Waals surface area contributed by atoms with Crippen molar-refractivity contribution >= 4 is 5.69 Å². The maximum Gasteiger partial charge on any atom is 0.0853 e. The highest BCUT2D eigenvalue weighted by molar-refractivity contribution is 5.47. The van der Waals surface area contributed by atoms with Crippen LogP contribution in [0, 0.1) is 0 Å². The van der Waals surface area contributed by atoms with Crippen LogP contribution in [0.3, 0.4) is 0 Å². The van der Waals surface area contributed by atoms with E-state index in [4.69, 9.17) is 4.74 Å². The molecule has 2 heterocycles. The summed E-state index contributed by atoms with van der Waals surface area (Å²) in [5, 5.41) is 7.86. The smallest absolute Gasteiger partial charge is 0.0853 e. The van der Waals surface area contributed by atoms with Gasteiger partial charge in [-0.05, 0) is 12.8 Å². The van der Waals surface area contributed by atoms with Crippen LogP contribution in [0.25, 0.3) is 0 Å². The number of rotatable bonds is 3. The minimum absolute atomic E-state index is 0.462. The molecule has 2 rings (SSSR count). The highest BCUT2D eigenvalue weighted by Gasteiger charge is 2.17. The molecule has 0 aromatic carbocycles. The molecule has 0 aliphatic carbocycles. The van der Waals surface area contributed by atoms with Gasteiger partial charge >= 0.3 is 0 Å². The molecule has 1 unspecified atom stereocenters. The van der Waals surface area contributed by atoms with Crippen LogP contribution < -0.4 is 5.32 Å². The van der Waals surface area contributed by atoms with E-state index in [1.165, 1.54) is 0 Å². The average Bonchev–Trinajstić information content (AvgIpc) is 2.76. The van der Waals surface area contributed by atoms with Gasteiger partial charge in [0.15, 0.2) is 0 Å². The number of anilines is 1. The quantitative estimate of drug-likeness (QED) is 0.787. The van der Waals surface area contributed by atoms with Gasteiger partial charge in [-0.15, -0.1) is 0 Å². The van der Waals surface area contributed by atoms with Gasteiger partial charge in [0.25, 0.3) is 0 Å². The first-order valence-electron chi connectivity index (χ1n) is 5.16. The Bertz CT molecular complexity index is 302. The summed E-state index contributed by atoms with van der Waals surface area (Å²) in [5.74, 6) is 0. The van der Waals surface area contributed by atoms with Gasteiger partial charge in [0, 0.05) is 19.9 Å². The highest BCUT2D eigenvalue weighted by atomic mass is 16.5. The zero-order chi connectivity index (χ0) is 9.97. The van der Waals surface area contributed by atoms with E-state index in [9.17, 15) is 0 Å². The number of hydrogen-bond donors (Lipinski definition) is 1. The predicted molar refractivity (Wildman–Crippen MR) is 55.4 cm³/mol. The van der Waals surface area contributed by atoms with E-state index >= 15 is 0 Å². The Hall–Kier alpha value is -1.03. The Morgan fingerprint density at radius 1 is 1.71 bits per heavy atom. The molecule has 1 N–H and O–H groups in total. The number of aryl methyl sites for hydroxylation is 2. The molecule has 1 fully saturated rings. The van der Waals surface area contributed by atoms with Crippen molar-refractivity contribution in [3.8, 4) is 0 Å². The highest BCUT2D eigenvalue weighted by Crippen LogP contribution is 2.17. The minimum atomic E-state index is 0.462. The van der Waals surface area contributed by atoms with Crippen molar-refractivity contribution in [3.63, 3.8) is 0 Å². The summed E-state index contributed by atoms with van der Waals surface area (Å²) in [7, 11) is 1.95. The second kappa shape index (κ2) is 4.00. The molecule has 4 heteroatoms. The minimum Gasteiger partial charge on any atom is -0.379 e. The second-order valence-electron chi connectivity index (χ2n) is 3.72. The first kappa shape index (κ1) is 9.52. The molecule has 0 bridgehead atoms. The van der Waals surface area contributed by atoms with E-state index < -0.39 is 0 Å². The van der Waals surface area contributed by atoms with E-state index in [-0.39, 0.29) is 0 Å². The van der Waals surface area contributed by atoms with Crippen LogP contribution in [0.2, 0.25) is 0 Å². The Kier molecular flexibility index (Phi) is 2.72. The standard InChI is InChI=1S/C10H17N3O/c1-3-9-10(6-13(2)12-9)11-8-4-5-14-7-8/h6,8,11H,3-5,7H2,1-2H3. The van der Waals surface area contributed by atoms with Crippen LogP contribution in [0.4, 0.5) is 5.69 Å². The third kappa shape index (κ3) is 1.90. The summed E-state index contributed by atoms with van der Waals surface area (Å²) >= 11 is 0. The third-order valence-corrected chi connectivity index (χ3v) is 2.53. The first-order valence-corrected chi connectivity index (χ1v) is 5.16. The van der Waals surface area contributed by atoms with Gasteiger partial charge in [0.2, 0.25) is 0 Å². The molecule has 1 aromatic heterocycles. The van der Waals surface area contributed by atoms with Crippen LogP contribution in [0.15, 0.2) is 6.20 Å². The number of nitrogens with one attached hydrogen (secondary N) is 1. The normalized spacial score (nSPS) is 21.4. The van der Waals surface area contributed by atoms with Gasteiger partial charge in [0.1, 0.15) is 0 Å². The van der Waals surface area contributed by atoms with Crippen molar-refractivity contribution < 1.29 is 4.74 Å². The molecule has 14 heavy (non-hydrogen) atoms. The molecule has 4 nitrogen and oxygen atoms in total. The molecular weight excluding hydrogens is 178 g/mol. The molecular formula is C10H17N3O. The van der Waals surface area contributed by atoms with Gasteiger partial charge in [0.05, 0.1) is 24.0 Å². The predicted octanol–water partition coefficient (Wildman–Crippen LogP) is 1.18. The maximum atomic E-state index is 5.32. The maximum absolute atomic E-state index is 5.32. The van der Waals surface area contributed by atoms with Gasteiger partial charge in [-0.1, -0.05) is 6.92 Å². The van der Waals surface area contributed by atoms with Crippen molar-refractivity contribution in [3.05, 3.63) is 11.9 Å². The SMILES string of the molecule is CCc1nn(C)cc1NC1CCOC1. The molecule has 0 radical (unpaired) electrons. The summed E-state index contributed by atoms with van der Waals surface area (Å²) in [6.45, 7) is 3.82. The lowest BCUT2D eigenvalue weighted by Gasteiger charge is -2.10. The fourth-order valence-corrected chi connectivity index (χ4v) is 1.78. The number of hydrogen-bond acceptors (Lipinski definition) is 3. The van der Waals surface area contributed by atoms with E-state index in [1.807, 2.05) is 17.9 Å². The van der Waals surface area contributed by atoms with Crippen LogP contribution in [0.5, 0.6) is 0 Å². The van der Waals surface area contributed by atoms with Gasteiger partial charge in [-0.2, -0.15) is 5.10 Å². The lowest BCUT2D eigenvalue weighted by molar-refractivity contribution is 0.195. The van der Waals surface area contributed by atoms with Crippen molar-refractivity contribution in [1.82, 2.24) is 9.78 Å². The largest absolute Gasteiger partial charge is 0.379 e. The van der Waals surface area contributed by atoms with Crippen molar-refractivity contribution in [2.75, 3.05) is 18.5 Å². The van der Waals surface area contributed by atoms with Crippen LogP contribution in [-0.2, 0) is 18.2 Å². The van der Waals surface area contributed by atoms with E-state index in [0.717, 1.165) is 37.4 Å². The summed E-state index contributed by atoms with van der Waals surface area (Å²) in [5.41, 5.74) is 2.30. The molecule has 0 spiro atoms. The Morgan fingerprint density at radius 2 is 2.57 bits per heavy atom. The molecule has 1 aliphatic heterocycles. The molecule has 0 amide bonds. The van der Waals surface area contributed by atoms with Crippen molar-refractivity contribution in [2.45, 2.75) is 25.8 Å². The number of nitrogens with zero attached hydrogens (tertiary/aromatic N) is 2. The summed E-state index contributed by atoms with van der Waals surface area (Å²) < 4.78 is 7.18. The summed E-state index contributed by atoms with van der Waals surface area (Å²) in [6.07, 6.45) is 4.10. The van der Waals surface area contributed by atoms with Crippen LogP contribution >= 0.6 is 0 Å². The third-order valence-electron chi connectivity index (χ3n) is 2.53. The number of aromatic nitrogens is 2. The second-order valence-corrected chi connectivity index (χ2v) is 3.72. The zero-order valence-electron chi connectivity index (χ0n) is 8.79. The molecule has 0 saturated carbocycles. The summed E-state index contributed by atoms with van der Waals surface area (Å²) in [4.78, 5) is 0. The molecule has 78 valence electrons. The molecule has 1 aromatic rings. The van der Waals surface area contributed by atoms with E-state index in [0.29, 0.717) is 6.04 Å². The van der Waals surface area contributed by atoms with Gasteiger partial charge in [-0.25, -0.2) is 0 Å². The fourth-order valence-electron chi connectivity index (χ4n) is 1.78. The fraction of sp³-hybridized carbons (Fsp3) is 0.700. The lowest BCUT2D eigenvalue weighted by Crippen LogP contribution is -2.19. The van der Waals surface area contributed by atoms with Gasteiger partial charge in [-0.3, -0.25) is 4.68 Å². The van der Waals surface area contributed by atoms with Crippen LogP contribution in [0.1, 0.15) is 19.0 Å². The number of ether oxygens (including phenoxy) is 1. The molecule has 1 atom stereocenters.